The van der Waals surface area contributed by atoms with E-state index in [-0.39, 0.29) is 48.5 Å². The fourth-order valence-electron chi connectivity index (χ4n) is 7.22. The summed E-state index contributed by atoms with van der Waals surface area (Å²) in [6.45, 7) is 4.99. The van der Waals surface area contributed by atoms with Gasteiger partial charge in [-0.2, -0.15) is 9.59 Å². The van der Waals surface area contributed by atoms with Gasteiger partial charge in [0.1, 0.15) is 11.4 Å². The zero-order valence-corrected chi connectivity index (χ0v) is 33.0. The highest BCUT2D eigenvalue weighted by atomic mass is 16.5. The van der Waals surface area contributed by atoms with Crippen LogP contribution in [0.15, 0.2) is 90.2 Å². The zero-order chi connectivity index (χ0) is 41.3. The number of rotatable bonds is 12. The molecule has 1 atom stereocenters. The van der Waals surface area contributed by atoms with Gasteiger partial charge in [-0.3, -0.25) is 24.2 Å². The van der Waals surface area contributed by atoms with Crippen molar-refractivity contribution in [1.82, 2.24) is 14.0 Å². The standard InChI is InChI=1S/C44H46N6O5.CO2/c1-28-10-16-33(17-11-28)47-43(53)39-22-32(26-48(39)3)31-14-12-30(13-15-31)21-40(51)38-23-34(27-49(38)4)46-42(52)9-7-19-55-41-24-37-36(20-29(41)2)44(54)50-18-6-5-8-35(50)25-45-37;2-1-3/h10-17,20,22-27,35H,5-9,18-19,21H2,1-4H3,(H,46,52)(H,47,53);/t35-;/m0./s1. The van der Waals surface area contributed by atoms with E-state index < -0.39 is 0 Å². The van der Waals surface area contributed by atoms with Gasteiger partial charge in [-0.15, -0.1) is 0 Å². The average molecular weight is 783 g/mol. The Balaban J connectivity index is 0.00000183. The van der Waals surface area contributed by atoms with Crippen molar-refractivity contribution in [1.29, 1.82) is 0 Å². The van der Waals surface area contributed by atoms with E-state index in [4.69, 9.17) is 14.3 Å². The van der Waals surface area contributed by atoms with Gasteiger partial charge in [0.25, 0.3) is 11.8 Å². The van der Waals surface area contributed by atoms with Crippen LogP contribution in [0.4, 0.5) is 17.1 Å². The van der Waals surface area contributed by atoms with Crippen molar-refractivity contribution in [2.45, 2.75) is 58.4 Å². The van der Waals surface area contributed by atoms with Gasteiger partial charge in [0, 0.05) is 69.4 Å². The average Bonchev–Trinajstić information content (AvgIpc) is 3.75. The van der Waals surface area contributed by atoms with E-state index in [0.717, 1.165) is 59.3 Å². The Kier molecular flexibility index (Phi) is 12.9. The summed E-state index contributed by atoms with van der Waals surface area (Å²) >= 11 is 0. The SMILES string of the molecule is Cc1ccc(NC(=O)c2cc(-c3ccc(CC(=O)c4cc(NC(=O)CCCOc5cc6c(cc5C)C(=O)N5CCCC[C@H]5C=N6)cn4C)cc3)cn2C)cc1.O=C=O. The molecular formula is C45H46N6O7. The fourth-order valence-corrected chi connectivity index (χ4v) is 7.22. The predicted octanol–water partition coefficient (Wildman–Crippen LogP) is 7.25. The molecule has 3 amide bonds. The summed E-state index contributed by atoms with van der Waals surface area (Å²) in [6, 6.07) is 22.7. The van der Waals surface area contributed by atoms with Gasteiger partial charge in [0.2, 0.25) is 5.91 Å². The maximum atomic E-state index is 13.3. The molecule has 2 aromatic heterocycles. The Bertz CT molecular complexity index is 2380. The Labute approximate surface area is 336 Å². The Hall–Kier alpha value is -6.85. The highest BCUT2D eigenvalue weighted by molar-refractivity contribution is 6.04. The number of fused-ring (bicyclic) bond motifs is 2. The lowest BCUT2D eigenvalue weighted by Gasteiger charge is -2.32. The number of Topliss-reactive ketones (excluding diaryl/α,β-unsaturated/α-hetero) is 1. The molecule has 5 aromatic rings. The number of aromatic nitrogens is 2. The molecule has 2 aliphatic heterocycles. The highest BCUT2D eigenvalue weighted by Gasteiger charge is 2.30. The quantitative estimate of drug-likeness (QED) is 0.0996. The molecule has 298 valence electrons. The third-order valence-electron chi connectivity index (χ3n) is 10.3. The summed E-state index contributed by atoms with van der Waals surface area (Å²) in [5.74, 6) is 0.232. The van der Waals surface area contributed by atoms with Crippen LogP contribution in [-0.4, -0.2) is 69.1 Å². The van der Waals surface area contributed by atoms with Crippen LogP contribution in [0.2, 0.25) is 0 Å². The number of benzene rings is 3. The Morgan fingerprint density at radius 3 is 2.31 bits per heavy atom. The molecule has 0 radical (unpaired) electrons. The van der Waals surface area contributed by atoms with Crippen LogP contribution in [-0.2, 0) is 34.9 Å². The minimum atomic E-state index is -0.190. The summed E-state index contributed by atoms with van der Waals surface area (Å²) in [4.78, 5) is 75.1. The molecule has 1 fully saturated rings. The monoisotopic (exact) mass is 782 g/mol. The van der Waals surface area contributed by atoms with E-state index in [1.807, 2.05) is 105 Å². The van der Waals surface area contributed by atoms with E-state index in [2.05, 4.69) is 15.6 Å². The Morgan fingerprint density at radius 2 is 1.57 bits per heavy atom. The van der Waals surface area contributed by atoms with Crippen LogP contribution < -0.4 is 15.4 Å². The van der Waals surface area contributed by atoms with Gasteiger partial charge in [-0.25, -0.2) is 0 Å². The first-order valence-corrected chi connectivity index (χ1v) is 19.2. The van der Waals surface area contributed by atoms with Crippen molar-refractivity contribution < 1.29 is 33.5 Å². The second-order valence-corrected chi connectivity index (χ2v) is 14.6. The molecule has 13 heteroatoms. The number of piperidine rings is 1. The van der Waals surface area contributed by atoms with Crippen LogP contribution >= 0.6 is 0 Å². The second kappa shape index (κ2) is 18.4. The van der Waals surface area contributed by atoms with E-state index >= 15 is 0 Å². The van der Waals surface area contributed by atoms with Gasteiger partial charge >= 0.3 is 6.15 Å². The number of nitrogens with one attached hydrogen (secondary N) is 2. The lowest BCUT2D eigenvalue weighted by Crippen LogP contribution is -2.43. The number of amides is 3. The number of carbonyl (C=O) groups excluding carboxylic acids is 6. The molecule has 3 aromatic carbocycles. The van der Waals surface area contributed by atoms with Crippen LogP contribution in [0, 0.1) is 13.8 Å². The van der Waals surface area contributed by atoms with Crippen molar-refractivity contribution in [3.05, 3.63) is 119 Å². The van der Waals surface area contributed by atoms with E-state index in [9.17, 15) is 19.2 Å². The normalized spacial score (nSPS) is 14.2. The summed E-state index contributed by atoms with van der Waals surface area (Å²) < 4.78 is 9.56. The number of ether oxygens (including phenoxy) is 1. The van der Waals surface area contributed by atoms with E-state index in [0.29, 0.717) is 47.1 Å². The molecule has 2 aliphatic rings. The van der Waals surface area contributed by atoms with Gasteiger partial charge in [0.15, 0.2) is 5.78 Å². The maximum Gasteiger partial charge on any atom is 0.373 e. The largest absolute Gasteiger partial charge is 0.493 e. The minimum absolute atomic E-state index is 0.0181. The zero-order valence-electron chi connectivity index (χ0n) is 33.0. The van der Waals surface area contributed by atoms with Gasteiger partial charge in [-0.1, -0.05) is 42.0 Å². The number of aliphatic imine (C=N–C) groups is 1. The number of aryl methyl sites for hydroxylation is 4. The molecule has 2 N–H and O–H groups in total. The van der Waals surface area contributed by atoms with Crippen LogP contribution in [0.25, 0.3) is 11.1 Å². The minimum Gasteiger partial charge on any atom is -0.493 e. The first kappa shape index (κ1) is 40.8. The van der Waals surface area contributed by atoms with Crippen molar-refractivity contribution in [3.8, 4) is 16.9 Å². The summed E-state index contributed by atoms with van der Waals surface area (Å²) in [7, 11) is 3.63. The lowest BCUT2D eigenvalue weighted by atomic mass is 10.0. The predicted molar refractivity (Wildman–Crippen MR) is 220 cm³/mol. The molecule has 0 unspecified atom stereocenters. The van der Waals surface area contributed by atoms with Gasteiger partial charge < -0.3 is 29.4 Å². The molecule has 4 heterocycles. The number of ketones is 1. The molecular weight excluding hydrogens is 737 g/mol. The van der Waals surface area contributed by atoms with E-state index in [1.165, 1.54) is 0 Å². The third kappa shape index (κ3) is 9.74. The van der Waals surface area contributed by atoms with Crippen molar-refractivity contribution in [3.63, 3.8) is 0 Å². The first-order valence-electron chi connectivity index (χ1n) is 19.2. The van der Waals surface area contributed by atoms with Crippen LogP contribution in [0.3, 0.4) is 0 Å². The molecule has 0 bridgehead atoms. The molecule has 0 spiro atoms. The molecule has 13 nitrogen and oxygen atoms in total. The second-order valence-electron chi connectivity index (χ2n) is 14.6. The van der Waals surface area contributed by atoms with Crippen LogP contribution in [0.5, 0.6) is 5.75 Å². The number of hydrogen-bond donors (Lipinski definition) is 2. The van der Waals surface area contributed by atoms with Gasteiger partial charge in [0.05, 0.1) is 35.3 Å². The maximum absolute atomic E-state index is 13.3. The smallest absolute Gasteiger partial charge is 0.373 e. The fraction of sp³-hybridized carbons (Fsp3) is 0.289. The highest BCUT2D eigenvalue weighted by Crippen LogP contribution is 2.34. The number of hydrogen-bond acceptors (Lipinski definition) is 8. The van der Waals surface area contributed by atoms with E-state index in [1.54, 1.807) is 28.4 Å². The number of anilines is 2. The van der Waals surface area contributed by atoms with Crippen molar-refractivity contribution in [2.24, 2.45) is 19.1 Å². The molecule has 7 rings (SSSR count). The molecule has 0 aliphatic carbocycles. The summed E-state index contributed by atoms with van der Waals surface area (Å²) in [5.41, 5.74) is 8.20. The number of carbonyl (C=O) groups is 4. The van der Waals surface area contributed by atoms with Crippen molar-refractivity contribution >= 4 is 52.9 Å². The Morgan fingerprint density at radius 1 is 0.845 bits per heavy atom. The number of nitrogens with zero attached hydrogens (tertiary/aromatic N) is 4. The molecule has 0 saturated carbocycles. The summed E-state index contributed by atoms with van der Waals surface area (Å²) in [6.07, 6.45) is 9.73. The lowest BCUT2D eigenvalue weighted by molar-refractivity contribution is -0.191. The molecule has 58 heavy (non-hydrogen) atoms. The summed E-state index contributed by atoms with van der Waals surface area (Å²) in [5, 5.41) is 5.85. The van der Waals surface area contributed by atoms with Crippen LogP contribution in [0.1, 0.15) is 80.1 Å². The topological polar surface area (TPSA) is 161 Å². The van der Waals surface area contributed by atoms with Crippen molar-refractivity contribution in [2.75, 3.05) is 23.8 Å². The van der Waals surface area contributed by atoms with Gasteiger partial charge in [-0.05, 0) is 86.6 Å². The third-order valence-corrected chi connectivity index (χ3v) is 10.3. The first-order chi connectivity index (χ1) is 27.9. The molecule has 1 saturated heterocycles.